The zero-order valence-electron chi connectivity index (χ0n) is 16.9. The minimum Gasteiger partial charge on any atom is -0.496 e. The van der Waals surface area contributed by atoms with Crippen molar-refractivity contribution in [2.45, 2.75) is 46.3 Å². The number of benzene rings is 1. The van der Waals surface area contributed by atoms with Crippen molar-refractivity contribution in [2.24, 2.45) is 5.73 Å². The van der Waals surface area contributed by atoms with Crippen LogP contribution in [0.5, 0.6) is 11.5 Å². The van der Waals surface area contributed by atoms with Gasteiger partial charge in [0.1, 0.15) is 35.4 Å². The lowest BCUT2D eigenvalue weighted by Crippen LogP contribution is -2.08. The van der Waals surface area contributed by atoms with Gasteiger partial charge in [0.25, 0.3) is 0 Å². The van der Waals surface area contributed by atoms with Crippen LogP contribution in [0.15, 0.2) is 18.3 Å². The Kier molecular flexibility index (Phi) is 4.58. The normalized spacial score (nSPS) is 14.2. The van der Waals surface area contributed by atoms with E-state index in [-0.39, 0.29) is 12.1 Å². The standard InChI is InChI=1S/C20H26N6O2/c1-11(2)26-20(22-13(4)24-26)16-10-25-6-7-28-18-9-17(27-5)14(12(3)21)8-15(18)19(25)23-16/h8-12H,6-7,21H2,1-5H3/t12-/m0/s1. The largest absolute Gasteiger partial charge is 0.496 e. The molecule has 4 rings (SSSR count). The minimum absolute atomic E-state index is 0.168. The number of ether oxygens (including phenoxy) is 2. The predicted molar refractivity (Wildman–Crippen MR) is 106 cm³/mol. The van der Waals surface area contributed by atoms with Crippen molar-refractivity contribution < 1.29 is 9.47 Å². The van der Waals surface area contributed by atoms with Gasteiger partial charge >= 0.3 is 0 Å². The number of fused-ring (bicyclic) bond motifs is 3. The fraction of sp³-hybridized carbons (Fsp3) is 0.450. The molecule has 0 fully saturated rings. The highest BCUT2D eigenvalue weighted by molar-refractivity contribution is 5.71. The average Bonchev–Trinajstić information content (AvgIpc) is 3.20. The van der Waals surface area contributed by atoms with Crippen molar-refractivity contribution >= 4 is 0 Å². The van der Waals surface area contributed by atoms with Crippen LogP contribution in [0.25, 0.3) is 22.9 Å². The fourth-order valence-electron chi connectivity index (χ4n) is 3.53. The highest BCUT2D eigenvalue weighted by Gasteiger charge is 2.24. The Bertz CT molecular complexity index is 1020. The van der Waals surface area contributed by atoms with Crippen molar-refractivity contribution in [1.29, 1.82) is 0 Å². The number of imidazole rings is 1. The van der Waals surface area contributed by atoms with E-state index in [1.54, 1.807) is 7.11 Å². The number of methoxy groups -OCH3 is 1. The minimum atomic E-state index is -0.168. The van der Waals surface area contributed by atoms with Gasteiger partial charge in [-0.3, -0.25) is 0 Å². The molecule has 2 N–H and O–H groups in total. The smallest absolute Gasteiger partial charge is 0.178 e. The highest BCUT2D eigenvalue weighted by atomic mass is 16.5. The molecule has 3 heterocycles. The summed E-state index contributed by atoms with van der Waals surface area (Å²) in [5.74, 6) is 3.82. The zero-order chi connectivity index (χ0) is 20.0. The Labute approximate surface area is 164 Å². The number of aryl methyl sites for hydroxylation is 1. The van der Waals surface area contributed by atoms with Crippen LogP contribution >= 0.6 is 0 Å². The average molecular weight is 382 g/mol. The number of nitrogens with two attached hydrogens (primary N) is 1. The first-order valence-electron chi connectivity index (χ1n) is 9.50. The summed E-state index contributed by atoms with van der Waals surface area (Å²) in [6, 6.07) is 3.95. The maximum absolute atomic E-state index is 6.16. The van der Waals surface area contributed by atoms with Gasteiger partial charge in [0.05, 0.1) is 19.2 Å². The van der Waals surface area contributed by atoms with Gasteiger partial charge in [0.15, 0.2) is 5.82 Å². The van der Waals surface area contributed by atoms with Gasteiger partial charge in [-0.2, -0.15) is 5.10 Å². The van der Waals surface area contributed by atoms with Crippen molar-refractivity contribution in [3.63, 3.8) is 0 Å². The summed E-state index contributed by atoms with van der Waals surface area (Å²) >= 11 is 0. The first kappa shape index (κ1) is 18.5. The molecule has 0 bridgehead atoms. The van der Waals surface area contributed by atoms with E-state index in [1.807, 2.05) is 36.9 Å². The summed E-state index contributed by atoms with van der Waals surface area (Å²) in [7, 11) is 1.64. The van der Waals surface area contributed by atoms with E-state index in [0.717, 1.165) is 45.8 Å². The van der Waals surface area contributed by atoms with Gasteiger partial charge < -0.3 is 19.8 Å². The highest BCUT2D eigenvalue weighted by Crippen LogP contribution is 2.39. The third-order valence-corrected chi connectivity index (χ3v) is 4.89. The maximum Gasteiger partial charge on any atom is 0.178 e. The maximum atomic E-state index is 6.16. The molecule has 0 radical (unpaired) electrons. The molecule has 1 aliphatic heterocycles. The topological polar surface area (TPSA) is 93.0 Å². The van der Waals surface area contributed by atoms with Gasteiger partial charge in [-0.1, -0.05) is 0 Å². The number of aromatic nitrogens is 5. The molecule has 0 unspecified atom stereocenters. The molecular weight excluding hydrogens is 356 g/mol. The second-order valence-electron chi connectivity index (χ2n) is 7.39. The first-order chi connectivity index (χ1) is 13.4. The predicted octanol–water partition coefficient (Wildman–Crippen LogP) is 3.12. The lowest BCUT2D eigenvalue weighted by molar-refractivity contribution is 0.304. The van der Waals surface area contributed by atoms with Crippen LogP contribution in [-0.2, 0) is 6.54 Å². The van der Waals surface area contributed by atoms with Crippen LogP contribution in [0.2, 0.25) is 0 Å². The SMILES string of the molecule is COc1cc2c(cc1[C@H](C)N)-c1nc(-c3nc(C)nn3C(C)C)cn1CCO2. The van der Waals surface area contributed by atoms with E-state index in [9.17, 15) is 0 Å². The Morgan fingerprint density at radius 2 is 1.96 bits per heavy atom. The molecule has 28 heavy (non-hydrogen) atoms. The zero-order valence-corrected chi connectivity index (χ0v) is 16.9. The summed E-state index contributed by atoms with van der Waals surface area (Å²) in [5, 5.41) is 4.51. The summed E-state index contributed by atoms with van der Waals surface area (Å²) in [4.78, 5) is 9.52. The van der Waals surface area contributed by atoms with E-state index in [2.05, 4.69) is 28.5 Å². The van der Waals surface area contributed by atoms with Crippen LogP contribution in [0.4, 0.5) is 0 Å². The van der Waals surface area contributed by atoms with Crippen molar-refractivity contribution in [3.05, 3.63) is 29.7 Å². The monoisotopic (exact) mass is 382 g/mol. The molecule has 0 amide bonds. The van der Waals surface area contributed by atoms with Gasteiger partial charge in [-0.05, 0) is 33.8 Å². The Morgan fingerprint density at radius 3 is 2.64 bits per heavy atom. The number of hydrogen-bond acceptors (Lipinski definition) is 6. The Balaban J connectivity index is 1.88. The first-order valence-corrected chi connectivity index (χ1v) is 9.50. The summed E-state index contributed by atoms with van der Waals surface area (Å²) in [6.45, 7) is 9.25. The molecule has 8 nitrogen and oxygen atoms in total. The second kappa shape index (κ2) is 6.94. The molecule has 0 aliphatic carbocycles. The Hall–Kier alpha value is -2.87. The van der Waals surface area contributed by atoms with Crippen molar-refractivity contribution in [3.8, 4) is 34.4 Å². The number of rotatable bonds is 4. The van der Waals surface area contributed by atoms with Crippen LogP contribution in [0.1, 0.15) is 44.2 Å². The summed E-state index contributed by atoms with van der Waals surface area (Å²) in [6.07, 6.45) is 2.02. The molecule has 8 heteroatoms. The summed E-state index contributed by atoms with van der Waals surface area (Å²) < 4.78 is 15.5. The number of nitrogens with zero attached hydrogens (tertiary/aromatic N) is 5. The lowest BCUT2D eigenvalue weighted by Gasteiger charge is -2.16. The van der Waals surface area contributed by atoms with E-state index >= 15 is 0 Å². The quantitative estimate of drug-likeness (QED) is 0.745. The van der Waals surface area contributed by atoms with Crippen molar-refractivity contribution in [1.82, 2.24) is 24.3 Å². The molecular formula is C20H26N6O2. The van der Waals surface area contributed by atoms with Gasteiger partial charge in [0, 0.05) is 29.9 Å². The fourth-order valence-corrected chi connectivity index (χ4v) is 3.53. The van der Waals surface area contributed by atoms with Gasteiger partial charge in [-0.15, -0.1) is 0 Å². The molecule has 1 atom stereocenters. The third kappa shape index (κ3) is 3.03. The number of hydrogen-bond donors (Lipinski definition) is 1. The van der Waals surface area contributed by atoms with Gasteiger partial charge in [-0.25, -0.2) is 14.6 Å². The molecule has 1 aliphatic rings. The lowest BCUT2D eigenvalue weighted by atomic mass is 10.0. The van der Waals surface area contributed by atoms with E-state index in [1.165, 1.54) is 0 Å². The molecule has 148 valence electrons. The summed E-state index contributed by atoms with van der Waals surface area (Å²) in [5.41, 5.74) is 8.79. The molecule has 1 aromatic carbocycles. The van der Waals surface area contributed by atoms with Gasteiger partial charge in [0.2, 0.25) is 0 Å². The third-order valence-electron chi connectivity index (χ3n) is 4.89. The van der Waals surface area contributed by atoms with E-state index in [0.29, 0.717) is 13.2 Å². The van der Waals surface area contributed by atoms with Crippen LogP contribution < -0.4 is 15.2 Å². The van der Waals surface area contributed by atoms with Crippen LogP contribution in [-0.4, -0.2) is 38.0 Å². The molecule has 0 spiro atoms. The molecule has 3 aromatic rings. The van der Waals surface area contributed by atoms with E-state index in [4.69, 9.17) is 20.2 Å². The molecule has 2 aromatic heterocycles. The van der Waals surface area contributed by atoms with E-state index < -0.39 is 0 Å². The van der Waals surface area contributed by atoms with Crippen LogP contribution in [0.3, 0.4) is 0 Å². The molecule has 0 saturated heterocycles. The van der Waals surface area contributed by atoms with Crippen LogP contribution in [0, 0.1) is 6.92 Å². The molecule has 0 saturated carbocycles. The van der Waals surface area contributed by atoms with Crippen molar-refractivity contribution in [2.75, 3.05) is 13.7 Å². The second-order valence-corrected chi connectivity index (χ2v) is 7.39. The Morgan fingerprint density at radius 1 is 1.18 bits per heavy atom.